The van der Waals surface area contributed by atoms with Crippen molar-refractivity contribution in [3.8, 4) is 0 Å². The zero-order valence-electron chi connectivity index (χ0n) is 11.3. The average Bonchev–Trinajstić information content (AvgIpc) is 2.67. The van der Waals surface area contributed by atoms with E-state index in [4.69, 9.17) is 0 Å². The third-order valence-electron chi connectivity index (χ3n) is 3.36. The van der Waals surface area contributed by atoms with Gasteiger partial charge in [-0.3, -0.25) is 14.5 Å². The summed E-state index contributed by atoms with van der Waals surface area (Å²) in [6, 6.07) is 7.03. The Labute approximate surface area is 113 Å². The molecule has 4 nitrogen and oxygen atoms in total. The zero-order valence-corrected chi connectivity index (χ0v) is 11.3. The summed E-state index contributed by atoms with van der Waals surface area (Å²) in [5.41, 5.74) is 1.75. The fraction of sp³-hybridized carbons (Fsp3) is 0.333. The number of aryl methyl sites for hydroxylation is 1. The fourth-order valence-electron chi connectivity index (χ4n) is 2.26. The third-order valence-corrected chi connectivity index (χ3v) is 3.36. The summed E-state index contributed by atoms with van der Waals surface area (Å²) in [6.45, 7) is 6.21. The number of hydrogen-bond donors (Lipinski definition) is 0. The lowest BCUT2D eigenvalue weighted by Crippen LogP contribution is -2.40. The first-order chi connectivity index (χ1) is 9.04. The smallest absolute Gasteiger partial charge is 0.251 e. The maximum Gasteiger partial charge on any atom is 0.251 e. The number of amides is 2. The molecule has 1 aromatic rings. The minimum atomic E-state index is -0.383. The molecule has 0 saturated carbocycles. The van der Waals surface area contributed by atoms with Crippen LogP contribution in [0, 0.1) is 6.92 Å². The van der Waals surface area contributed by atoms with E-state index in [-0.39, 0.29) is 24.3 Å². The number of carbonyl (C=O) groups excluding carboxylic acids is 2. The molecule has 100 valence electrons. The lowest BCUT2D eigenvalue weighted by atomic mass is 10.2. The standard InChI is InChI=1S/C15H18N2O2/c1-4-9-16(3)13-10-14(18)17(15(13)19)12-7-5-11(2)6-8-12/h4-8,13H,1,9-10H2,2-3H3/t13-/m0/s1. The van der Waals surface area contributed by atoms with Gasteiger partial charge < -0.3 is 0 Å². The van der Waals surface area contributed by atoms with Crippen molar-refractivity contribution in [2.24, 2.45) is 0 Å². The summed E-state index contributed by atoms with van der Waals surface area (Å²) in [6.07, 6.45) is 1.96. The maximum atomic E-state index is 12.3. The van der Waals surface area contributed by atoms with Crippen LogP contribution in [-0.4, -0.2) is 36.3 Å². The van der Waals surface area contributed by atoms with Gasteiger partial charge in [0.2, 0.25) is 5.91 Å². The fourth-order valence-corrected chi connectivity index (χ4v) is 2.26. The number of nitrogens with zero attached hydrogens (tertiary/aromatic N) is 2. The molecule has 1 heterocycles. The Morgan fingerprint density at radius 1 is 1.37 bits per heavy atom. The third kappa shape index (κ3) is 2.58. The monoisotopic (exact) mass is 258 g/mol. The number of anilines is 1. The van der Waals surface area contributed by atoms with Crippen molar-refractivity contribution in [1.29, 1.82) is 0 Å². The molecule has 0 spiro atoms. The number of rotatable bonds is 4. The summed E-state index contributed by atoms with van der Waals surface area (Å²) in [5.74, 6) is -0.298. The first-order valence-electron chi connectivity index (χ1n) is 6.29. The van der Waals surface area contributed by atoms with Crippen molar-refractivity contribution in [3.05, 3.63) is 42.5 Å². The lowest BCUT2D eigenvalue weighted by Gasteiger charge is -2.21. The molecule has 0 N–H and O–H groups in total. The van der Waals surface area contributed by atoms with Gasteiger partial charge in [0.15, 0.2) is 0 Å². The Morgan fingerprint density at radius 2 is 2.00 bits per heavy atom. The number of carbonyl (C=O) groups is 2. The van der Waals surface area contributed by atoms with Crippen LogP contribution >= 0.6 is 0 Å². The Morgan fingerprint density at radius 3 is 2.58 bits per heavy atom. The van der Waals surface area contributed by atoms with Crippen molar-refractivity contribution >= 4 is 17.5 Å². The van der Waals surface area contributed by atoms with Gasteiger partial charge >= 0.3 is 0 Å². The van der Waals surface area contributed by atoms with Crippen LogP contribution in [0.5, 0.6) is 0 Å². The number of hydrogen-bond acceptors (Lipinski definition) is 3. The molecule has 1 aliphatic rings. The van der Waals surface area contributed by atoms with Gasteiger partial charge in [0.1, 0.15) is 0 Å². The minimum Gasteiger partial charge on any atom is -0.291 e. The lowest BCUT2D eigenvalue weighted by molar-refractivity contribution is -0.122. The molecule has 0 bridgehead atoms. The Balaban J connectivity index is 2.23. The second-order valence-corrected chi connectivity index (χ2v) is 4.85. The van der Waals surface area contributed by atoms with Crippen LogP contribution in [0.1, 0.15) is 12.0 Å². The SMILES string of the molecule is C=CCN(C)[C@H]1CC(=O)N(c2ccc(C)cc2)C1=O. The van der Waals surface area contributed by atoms with Gasteiger partial charge in [0.05, 0.1) is 18.2 Å². The predicted molar refractivity (Wildman–Crippen MR) is 74.9 cm³/mol. The van der Waals surface area contributed by atoms with Crippen LogP contribution in [0.3, 0.4) is 0 Å². The molecule has 1 aromatic carbocycles. The van der Waals surface area contributed by atoms with E-state index in [0.29, 0.717) is 12.2 Å². The summed E-state index contributed by atoms with van der Waals surface area (Å²) >= 11 is 0. The number of likely N-dealkylation sites (N-methyl/N-ethyl adjacent to an activating group) is 1. The van der Waals surface area contributed by atoms with Crippen LogP contribution in [0.25, 0.3) is 0 Å². The molecule has 0 aliphatic carbocycles. The minimum absolute atomic E-state index is 0.144. The highest BCUT2D eigenvalue weighted by Gasteiger charge is 2.41. The molecule has 2 rings (SSSR count). The molecule has 1 fully saturated rings. The van der Waals surface area contributed by atoms with E-state index >= 15 is 0 Å². The van der Waals surface area contributed by atoms with Crippen LogP contribution in [0.2, 0.25) is 0 Å². The van der Waals surface area contributed by atoms with Crippen molar-refractivity contribution in [1.82, 2.24) is 4.90 Å². The second-order valence-electron chi connectivity index (χ2n) is 4.85. The molecule has 19 heavy (non-hydrogen) atoms. The summed E-state index contributed by atoms with van der Waals surface area (Å²) in [5, 5.41) is 0. The number of imide groups is 1. The van der Waals surface area contributed by atoms with Crippen molar-refractivity contribution in [2.45, 2.75) is 19.4 Å². The Hall–Kier alpha value is -1.94. The molecule has 0 radical (unpaired) electrons. The molecular formula is C15H18N2O2. The van der Waals surface area contributed by atoms with Gasteiger partial charge in [-0.15, -0.1) is 6.58 Å². The number of benzene rings is 1. The highest BCUT2D eigenvalue weighted by molar-refractivity contribution is 6.22. The van der Waals surface area contributed by atoms with E-state index in [0.717, 1.165) is 5.56 Å². The van der Waals surface area contributed by atoms with E-state index < -0.39 is 0 Å². The topological polar surface area (TPSA) is 40.6 Å². The van der Waals surface area contributed by atoms with Gasteiger partial charge in [-0.2, -0.15) is 0 Å². The van der Waals surface area contributed by atoms with Crippen molar-refractivity contribution in [3.63, 3.8) is 0 Å². The van der Waals surface area contributed by atoms with Crippen molar-refractivity contribution < 1.29 is 9.59 Å². The van der Waals surface area contributed by atoms with E-state index in [2.05, 4.69) is 6.58 Å². The average molecular weight is 258 g/mol. The van der Waals surface area contributed by atoms with Gasteiger partial charge in [-0.1, -0.05) is 23.8 Å². The molecule has 1 saturated heterocycles. The molecule has 1 atom stereocenters. The summed E-state index contributed by atoms with van der Waals surface area (Å²) < 4.78 is 0. The molecule has 0 unspecified atom stereocenters. The van der Waals surface area contributed by atoms with E-state index in [1.807, 2.05) is 31.0 Å². The summed E-state index contributed by atoms with van der Waals surface area (Å²) in [4.78, 5) is 27.5. The first kappa shape index (κ1) is 13.5. The molecule has 0 aromatic heterocycles. The van der Waals surface area contributed by atoms with Gasteiger partial charge in [-0.05, 0) is 26.1 Å². The van der Waals surface area contributed by atoms with E-state index in [9.17, 15) is 9.59 Å². The highest BCUT2D eigenvalue weighted by Crippen LogP contribution is 2.25. The first-order valence-corrected chi connectivity index (χ1v) is 6.29. The Bertz CT molecular complexity index is 507. The Kier molecular flexibility index (Phi) is 3.81. The molecule has 2 amide bonds. The van der Waals surface area contributed by atoms with Gasteiger partial charge in [0, 0.05) is 6.54 Å². The van der Waals surface area contributed by atoms with E-state index in [1.165, 1.54) is 4.90 Å². The normalized spacial score (nSPS) is 19.3. The van der Waals surface area contributed by atoms with Gasteiger partial charge in [-0.25, -0.2) is 4.90 Å². The zero-order chi connectivity index (χ0) is 14.0. The van der Waals surface area contributed by atoms with Gasteiger partial charge in [0.25, 0.3) is 5.91 Å². The maximum absolute atomic E-state index is 12.3. The molecule has 4 heteroatoms. The second kappa shape index (κ2) is 5.36. The largest absolute Gasteiger partial charge is 0.291 e. The molecular weight excluding hydrogens is 240 g/mol. The predicted octanol–water partition coefficient (Wildman–Crippen LogP) is 1.74. The summed E-state index contributed by atoms with van der Waals surface area (Å²) in [7, 11) is 1.83. The molecule has 1 aliphatic heterocycles. The van der Waals surface area contributed by atoms with Crippen LogP contribution in [0.4, 0.5) is 5.69 Å². The van der Waals surface area contributed by atoms with E-state index in [1.54, 1.807) is 18.2 Å². The highest BCUT2D eigenvalue weighted by atomic mass is 16.2. The van der Waals surface area contributed by atoms with Crippen LogP contribution in [0.15, 0.2) is 36.9 Å². The van der Waals surface area contributed by atoms with Crippen LogP contribution in [-0.2, 0) is 9.59 Å². The van der Waals surface area contributed by atoms with Crippen LogP contribution < -0.4 is 4.90 Å². The van der Waals surface area contributed by atoms with Crippen molar-refractivity contribution in [2.75, 3.05) is 18.5 Å². The quantitative estimate of drug-likeness (QED) is 0.610.